The average molecular weight is 521 g/mol. The number of aromatic amines is 1. The van der Waals surface area contributed by atoms with E-state index >= 15 is 0 Å². The van der Waals surface area contributed by atoms with Gasteiger partial charge in [0.15, 0.2) is 4.77 Å². The van der Waals surface area contributed by atoms with Crippen molar-refractivity contribution in [3.63, 3.8) is 0 Å². The Hall–Kier alpha value is -3.62. The number of amides is 1. The van der Waals surface area contributed by atoms with Crippen LogP contribution in [0.3, 0.4) is 0 Å². The normalized spacial score (nSPS) is 13.7. The molecule has 5 rings (SSSR count). The second kappa shape index (κ2) is 10.2. The largest absolute Gasteiger partial charge is 0.496 e. The number of fused-ring (bicyclic) bond motifs is 1. The van der Waals surface area contributed by atoms with Gasteiger partial charge >= 0.3 is 0 Å². The van der Waals surface area contributed by atoms with Gasteiger partial charge in [-0.3, -0.25) is 14.2 Å². The second-order valence-electron chi connectivity index (χ2n) is 8.65. The summed E-state index contributed by atoms with van der Waals surface area (Å²) in [7, 11) is 1.60. The molecule has 0 spiro atoms. The van der Waals surface area contributed by atoms with E-state index in [1.807, 2.05) is 53.4 Å². The van der Waals surface area contributed by atoms with Gasteiger partial charge < -0.3 is 19.5 Å². The Morgan fingerprint density at radius 2 is 1.81 bits per heavy atom. The molecular weight excluding hydrogens is 496 g/mol. The molecule has 0 radical (unpaired) electrons. The molecule has 9 heteroatoms. The van der Waals surface area contributed by atoms with Crippen LogP contribution in [0, 0.1) is 4.77 Å². The number of hydrogen-bond donors (Lipinski definition) is 1. The number of benzene rings is 3. The minimum atomic E-state index is -0.214. The smallest absolute Gasteiger partial charge is 0.262 e. The molecule has 1 saturated heterocycles. The van der Waals surface area contributed by atoms with Crippen LogP contribution in [0.5, 0.6) is 5.75 Å². The van der Waals surface area contributed by atoms with E-state index in [2.05, 4.69) is 9.88 Å². The maximum Gasteiger partial charge on any atom is 0.262 e. The van der Waals surface area contributed by atoms with Crippen LogP contribution >= 0.6 is 23.8 Å². The van der Waals surface area contributed by atoms with E-state index in [0.717, 1.165) is 24.3 Å². The predicted molar refractivity (Wildman–Crippen MR) is 145 cm³/mol. The monoisotopic (exact) mass is 520 g/mol. The molecule has 0 bridgehead atoms. The number of H-pyrrole nitrogens is 1. The summed E-state index contributed by atoms with van der Waals surface area (Å²) >= 11 is 11.6. The molecule has 2 heterocycles. The van der Waals surface area contributed by atoms with Gasteiger partial charge in [0.05, 0.1) is 24.6 Å². The van der Waals surface area contributed by atoms with Crippen LogP contribution in [0.25, 0.3) is 10.9 Å². The van der Waals surface area contributed by atoms with Crippen molar-refractivity contribution >= 4 is 46.3 Å². The van der Waals surface area contributed by atoms with Gasteiger partial charge in [0, 0.05) is 48.0 Å². The number of halogens is 1. The topological polar surface area (TPSA) is 70.6 Å². The summed E-state index contributed by atoms with van der Waals surface area (Å²) < 4.78 is 7.21. The number of ether oxygens (including phenoxy) is 1. The summed E-state index contributed by atoms with van der Waals surface area (Å²) in [4.78, 5) is 33.7. The van der Waals surface area contributed by atoms with Crippen molar-refractivity contribution < 1.29 is 9.53 Å². The number of methoxy groups -OCH3 is 1. The van der Waals surface area contributed by atoms with Crippen LogP contribution in [0.2, 0.25) is 5.02 Å². The van der Waals surface area contributed by atoms with E-state index in [-0.39, 0.29) is 22.8 Å². The highest BCUT2D eigenvalue weighted by atomic mass is 35.5. The number of nitrogens with one attached hydrogen (secondary N) is 1. The second-order valence-corrected chi connectivity index (χ2v) is 9.48. The maximum absolute atomic E-state index is 13.3. The number of nitrogens with zero attached hydrogens (tertiary/aromatic N) is 3. The first-order chi connectivity index (χ1) is 17.4. The highest BCUT2D eigenvalue weighted by Crippen LogP contribution is 2.22. The SMILES string of the molecule is COc1ccccc1Cn1c(=S)[nH]c2cc(C(=O)N3CCN(c4cccc(Cl)c4)CC3)ccc2c1=O. The van der Waals surface area contributed by atoms with Crippen LogP contribution in [0.4, 0.5) is 5.69 Å². The fourth-order valence-electron chi connectivity index (χ4n) is 4.56. The molecule has 0 atom stereocenters. The van der Waals surface area contributed by atoms with E-state index in [9.17, 15) is 9.59 Å². The summed E-state index contributed by atoms with van der Waals surface area (Å²) in [6, 6.07) is 20.4. The number of carbonyl (C=O) groups excluding carboxylic acids is 1. The minimum Gasteiger partial charge on any atom is -0.496 e. The Morgan fingerprint density at radius 3 is 2.56 bits per heavy atom. The molecule has 3 aromatic carbocycles. The van der Waals surface area contributed by atoms with E-state index < -0.39 is 0 Å². The Balaban J connectivity index is 1.36. The van der Waals surface area contributed by atoms with Crippen molar-refractivity contribution in [2.75, 3.05) is 38.2 Å². The third kappa shape index (κ3) is 4.74. The molecule has 1 fully saturated rings. The van der Waals surface area contributed by atoms with Gasteiger partial charge in [-0.2, -0.15) is 0 Å². The van der Waals surface area contributed by atoms with Gasteiger partial charge in [-0.15, -0.1) is 0 Å². The molecule has 1 N–H and O–H groups in total. The van der Waals surface area contributed by atoms with Crippen LogP contribution in [0.1, 0.15) is 15.9 Å². The highest BCUT2D eigenvalue weighted by Gasteiger charge is 2.23. The summed E-state index contributed by atoms with van der Waals surface area (Å²) in [5, 5.41) is 1.17. The van der Waals surface area contributed by atoms with Crippen LogP contribution in [0.15, 0.2) is 71.5 Å². The highest BCUT2D eigenvalue weighted by molar-refractivity contribution is 7.71. The number of para-hydroxylation sites is 1. The molecule has 7 nitrogen and oxygen atoms in total. The lowest BCUT2D eigenvalue weighted by molar-refractivity contribution is 0.0747. The zero-order valence-electron chi connectivity index (χ0n) is 19.7. The Bertz CT molecular complexity index is 1560. The lowest BCUT2D eigenvalue weighted by atomic mass is 10.1. The van der Waals surface area contributed by atoms with Gasteiger partial charge in [0.1, 0.15) is 5.75 Å². The lowest BCUT2D eigenvalue weighted by Crippen LogP contribution is -2.48. The van der Waals surface area contributed by atoms with Crippen molar-refractivity contribution in [1.29, 1.82) is 0 Å². The van der Waals surface area contributed by atoms with E-state index in [1.54, 1.807) is 25.3 Å². The number of piperazine rings is 1. The van der Waals surface area contributed by atoms with Crippen molar-refractivity contribution in [2.45, 2.75) is 6.54 Å². The molecule has 1 aliphatic rings. The first-order valence-electron chi connectivity index (χ1n) is 11.6. The van der Waals surface area contributed by atoms with Crippen LogP contribution < -0.4 is 15.2 Å². The molecular formula is C27H25ClN4O3S. The van der Waals surface area contributed by atoms with Crippen LogP contribution in [-0.4, -0.2) is 53.6 Å². The van der Waals surface area contributed by atoms with Gasteiger partial charge in [-0.05, 0) is 54.7 Å². The first kappa shape index (κ1) is 24.1. The Morgan fingerprint density at radius 1 is 1.03 bits per heavy atom. The molecule has 4 aromatic rings. The molecule has 0 aliphatic carbocycles. The number of hydrogen-bond acceptors (Lipinski definition) is 5. The third-order valence-corrected chi connectivity index (χ3v) is 7.05. The maximum atomic E-state index is 13.3. The van der Waals surface area contributed by atoms with Crippen molar-refractivity contribution in [1.82, 2.24) is 14.5 Å². The summed E-state index contributed by atoms with van der Waals surface area (Å²) in [5.41, 5.74) is 2.76. The first-order valence-corrected chi connectivity index (χ1v) is 12.4. The van der Waals surface area contributed by atoms with Gasteiger partial charge in [0.2, 0.25) is 0 Å². The van der Waals surface area contributed by atoms with Crippen molar-refractivity contribution in [2.24, 2.45) is 0 Å². The zero-order valence-corrected chi connectivity index (χ0v) is 21.3. The minimum absolute atomic E-state index is 0.0693. The quantitative estimate of drug-likeness (QED) is 0.385. The number of carbonyl (C=O) groups is 1. The standard InChI is InChI=1S/C27H25ClN4O3S/c1-35-24-8-3-2-5-19(24)17-32-26(34)22-10-9-18(15-23(22)29-27(32)36)25(33)31-13-11-30(12-14-31)21-7-4-6-20(28)16-21/h2-10,15-16H,11-14,17H2,1H3,(H,29,36). The number of aromatic nitrogens is 2. The lowest BCUT2D eigenvalue weighted by Gasteiger charge is -2.36. The zero-order chi connectivity index (χ0) is 25.2. The molecule has 1 amide bonds. The molecule has 36 heavy (non-hydrogen) atoms. The van der Waals surface area contributed by atoms with Gasteiger partial charge in [-0.25, -0.2) is 0 Å². The number of rotatable bonds is 5. The summed E-state index contributed by atoms with van der Waals surface area (Å²) in [5.74, 6) is 0.621. The van der Waals surface area contributed by atoms with Crippen molar-refractivity contribution in [3.8, 4) is 5.75 Å². The fourth-order valence-corrected chi connectivity index (χ4v) is 5.00. The molecule has 1 aromatic heterocycles. The van der Waals surface area contributed by atoms with Gasteiger partial charge in [0.25, 0.3) is 11.5 Å². The average Bonchev–Trinajstić information content (AvgIpc) is 2.90. The van der Waals surface area contributed by atoms with Gasteiger partial charge in [-0.1, -0.05) is 35.9 Å². The molecule has 1 aliphatic heterocycles. The summed E-state index contributed by atoms with van der Waals surface area (Å²) in [6.07, 6.45) is 0. The van der Waals surface area contributed by atoms with Crippen molar-refractivity contribution in [3.05, 3.63) is 98.0 Å². The Labute approximate surface area is 218 Å². The number of anilines is 1. The predicted octanol–water partition coefficient (Wildman–Crippen LogP) is 4.73. The van der Waals surface area contributed by atoms with E-state index in [0.29, 0.717) is 40.3 Å². The van der Waals surface area contributed by atoms with E-state index in [1.165, 1.54) is 4.57 Å². The summed E-state index contributed by atoms with van der Waals surface area (Å²) in [6.45, 7) is 2.91. The molecule has 184 valence electrons. The third-order valence-electron chi connectivity index (χ3n) is 6.49. The Kier molecular flexibility index (Phi) is 6.80. The molecule has 0 unspecified atom stereocenters. The van der Waals surface area contributed by atoms with Crippen LogP contribution in [-0.2, 0) is 6.54 Å². The van der Waals surface area contributed by atoms with E-state index in [4.69, 9.17) is 28.6 Å². The molecule has 0 saturated carbocycles. The fraction of sp³-hybridized carbons (Fsp3) is 0.222.